The van der Waals surface area contributed by atoms with Crippen LogP contribution in [0.4, 0.5) is 11.6 Å². The summed E-state index contributed by atoms with van der Waals surface area (Å²) >= 11 is 0. The first-order chi connectivity index (χ1) is 16.4. The molecule has 5 aromatic rings. The average molecular weight is 454 g/mol. The van der Waals surface area contributed by atoms with Gasteiger partial charge in [0.2, 0.25) is 0 Å². The molecule has 8 nitrogen and oxygen atoms in total. The monoisotopic (exact) mass is 453 g/mol. The Kier molecular flexibility index (Phi) is 5.28. The Balaban J connectivity index is 1.78. The van der Waals surface area contributed by atoms with Gasteiger partial charge >= 0.3 is 5.69 Å². The molecule has 4 aromatic heterocycles. The van der Waals surface area contributed by atoms with E-state index >= 15 is 0 Å². The summed E-state index contributed by atoms with van der Waals surface area (Å²) in [5.41, 5.74) is 5.84. The molecule has 0 spiro atoms. The van der Waals surface area contributed by atoms with Gasteiger partial charge in [0.1, 0.15) is 11.6 Å². The van der Waals surface area contributed by atoms with E-state index in [4.69, 9.17) is 4.98 Å². The minimum Gasteiger partial charge on any atom is -0.373 e. The van der Waals surface area contributed by atoms with Gasteiger partial charge in [-0.15, -0.1) is 0 Å². The number of aryl methyl sites for hydroxylation is 2. The number of aromatic nitrogens is 5. The van der Waals surface area contributed by atoms with E-state index in [0.29, 0.717) is 0 Å². The lowest BCUT2D eigenvalue weighted by atomic mass is 10.0. The molecule has 4 heterocycles. The lowest BCUT2D eigenvalue weighted by Gasteiger charge is -2.17. The first-order valence-corrected chi connectivity index (χ1v) is 11.3. The molecule has 0 aliphatic heterocycles. The molecule has 0 aliphatic rings. The number of anilines is 2. The maximum absolute atomic E-state index is 13.4. The Bertz CT molecular complexity index is 1580. The summed E-state index contributed by atoms with van der Waals surface area (Å²) in [7, 11) is 5.63. The van der Waals surface area contributed by atoms with Crippen LogP contribution in [0.5, 0.6) is 0 Å². The summed E-state index contributed by atoms with van der Waals surface area (Å²) in [6.45, 7) is 4.87. The van der Waals surface area contributed by atoms with E-state index in [1.54, 1.807) is 22.4 Å². The van der Waals surface area contributed by atoms with Gasteiger partial charge in [-0.1, -0.05) is 6.07 Å². The van der Waals surface area contributed by atoms with Gasteiger partial charge in [-0.05, 0) is 55.8 Å². The van der Waals surface area contributed by atoms with Crippen molar-refractivity contribution in [2.75, 3.05) is 30.9 Å². The molecule has 0 aliphatic carbocycles. The summed E-state index contributed by atoms with van der Waals surface area (Å²) in [5, 5.41) is 3.95. The smallest absolute Gasteiger partial charge is 0.333 e. The molecule has 0 bridgehead atoms. The fourth-order valence-corrected chi connectivity index (χ4v) is 4.26. The minimum absolute atomic E-state index is 0.128. The number of fused-ring (bicyclic) bond motifs is 3. The third-order valence-corrected chi connectivity index (χ3v) is 6.39. The summed E-state index contributed by atoms with van der Waals surface area (Å²) < 4.78 is 3.40. The van der Waals surface area contributed by atoms with Crippen LogP contribution in [-0.2, 0) is 7.05 Å². The van der Waals surface area contributed by atoms with Crippen molar-refractivity contribution in [1.82, 2.24) is 24.1 Å². The van der Waals surface area contributed by atoms with Crippen molar-refractivity contribution in [3.05, 3.63) is 71.0 Å². The molecule has 0 unspecified atom stereocenters. The molecule has 8 heteroatoms. The number of hydrogen-bond acceptors (Lipinski definition) is 6. The van der Waals surface area contributed by atoms with Crippen LogP contribution >= 0.6 is 0 Å². The van der Waals surface area contributed by atoms with E-state index in [1.165, 1.54) is 0 Å². The van der Waals surface area contributed by atoms with Crippen molar-refractivity contribution < 1.29 is 0 Å². The summed E-state index contributed by atoms with van der Waals surface area (Å²) in [6.07, 6.45) is 3.61. The summed E-state index contributed by atoms with van der Waals surface area (Å²) in [6, 6.07) is 14.0. The molecule has 34 heavy (non-hydrogen) atoms. The van der Waals surface area contributed by atoms with Crippen LogP contribution in [0, 0.1) is 6.92 Å². The molecular weight excluding hydrogens is 426 g/mol. The zero-order chi connectivity index (χ0) is 24.0. The SMILES string of the molecule is CCN(C)c1ccc(-n2c(=O)n(C)c3cnc4ccc(-c5ccc(NC)nc5)cc4c32)c(C)n1. The van der Waals surface area contributed by atoms with Gasteiger partial charge in [-0.2, -0.15) is 0 Å². The largest absolute Gasteiger partial charge is 0.373 e. The first-order valence-electron chi connectivity index (χ1n) is 11.3. The van der Waals surface area contributed by atoms with Gasteiger partial charge in [-0.25, -0.2) is 14.8 Å². The Labute approximate surface area is 197 Å². The van der Waals surface area contributed by atoms with E-state index in [9.17, 15) is 4.79 Å². The standard InChI is InChI=1S/C26H27N7O/c1-6-31(4)24-12-10-21(16(2)30-24)33-25-19-13-17(18-8-11-23(27-3)29-14-18)7-9-20(19)28-15-22(25)32(5)26(33)34/h7-15H,6H2,1-5H3,(H,27,29). The van der Waals surface area contributed by atoms with E-state index < -0.39 is 0 Å². The van der Waals surface area contributed by atoms with Crippen LogP contribution in [0.15, 0.2) is 59.7 Å². The van der Waals surface area contributed by atoms with Crippen molar-refractivity contribution >= 4 is 33.6 Å². The topological polar surface area (TPSA) is 80.9 Å². The van der Waals surface area contributed by atoms with Crippen molar-refractivity contribution in [3.63, 3.8) is 0 Å². The third kappa shape index (κ3) is 3.39. The molecule has 1 aromatic carbocycles. The number of pyridine rings is 3. The third-order valence-electron chi connectivity index (χ3n) is 6.39. The number of hydrogen-bond donors (Lipinski definition) is 1. The number of rotatable bonds is 5. The zero-order valence-electron chi connectivity index (χ0n) is 20.0. The molecular formula is C26H27N7O. The Morgan fingerprint density at radius 1 is 1.03 bits per heavy atom. The van der Waals surface area contributed by atoms with Gasteiger partial charge in [0, 0.05) is 44.8 Å². The quantitative estimate of drug-likeness (QED) is 0.431. The van der Waals surface area contributed by atoms with E-state index in [1.807, 2.05) is 63.6 Å². The lowest BCUT2D eigenvalue weighted by Crippen LogP contribution is -2.22. The maximum Gasteiger partial charge on any atom is 0.333 e. The molecule has 1 N–H and O–H groups in total. The number of imidazole rings is 1. The van der Waals surface area contributed by atoms with Crippen LogP contribution in [0.25, 0.3) is 38.8 Å². The summed E-state index contributed by atoms with van der Waals surface area (Å²) in [4.78, 5) is 29.3. The van der Waals surface area contributed by atoms with Crippen molar-refractivity contribution in [2.24, 2.45) is 7.05 Å². The number of nitrogens with one attached hydrogen (secondary N) is 1. The highest BCUT2D eigenvalue weighted by Gasteiger charge is 2.19. The van der Waals surface area contributed by atoms with Crippen LogP contribution in [0.2, 0.25) is 0 Å². The highest BCUT2D eigenvalue weighted by Crippen LogP contribution is 2.30. The van der Waals surface area contributed by atoms with Gasteiger partial charge in [-0.3, -0.25) is 14.1 Å². The first kappa shape index (κ1) is 21.6. The van der Waals surface area contributed by atoms with Crippen LogP contribution < -0.4 is 15.9 Å². The summed E-state index contributed by atoms with van der Waals surface area (Å²) in [5.74, 6) is 1.69. The second kappa shape index (κ2) is 8.30. The fraction of sp³-hybridized carbons (Fsp3) is 0.231. The molecule has 0 radical (unpaired) electrons. The van der Waals surface area contributed by atoms with Crippen molar-refractivity contribution in [3.8, 4) is 16.8 Å². The number of nitrogens with zero attached hydrogens (tertiary/aromatic N) is 6. The van der Waals surface area contributed by atoms with Crippen molar-refractivity contribution in [1.29, 1.82) is 0 Å². The van der Waals surface area contributed by atoms with Gasteiger partial charge in [0.15, 0.2) is 0 Å². The van der Waals surface area contributed by atoms with Crippen LogP contribution in [0.3, 0.4) is 0 Å². The van der Waals surface area contributed by atoms with Crippen LogP contribution in [0.1, 0.15) is 12.6 Å². The van der Waals surface area contributed by atoms with E-state index in [0.717, 1.165) is 62.6 Å². The predicted octanol–water partition coefficient (Wildman–Crippen LogP) is 4.14. The van der Waals surface area contributed by atoms with E-state index in [-0.39, 0.29) is 5.69 Å². The molecule has 0 saturated heterocycles. The second-order valence-electron chi connectivity index (χ2n) is 8.37. The lowest BCUT2D eigenvalue weighted by molar-refractivity contribution is 0.837. The van der Waals surface area contributed by atoms with Crippen molar-refractivity contribution in [2.45, 2.75) is 13.8 Å². The van der Waals surface area contributed by atoms with Crippen LogP contribution in [-0.4, -0.2) is 44.7 Å². The zero-order valence-corrected chi connectivity index (χ0v) is 20.0. The normalized spacial score (nSPS) is 11.3. The van der Waals surface area contributed by atoms with Gasteiger partial charge < -0.3 is 10.2 Å². The Hall–Kier alpha value is -4.20. The van der Waals surface area contributed by atoms with Gasteiger partial charge in [0.25, 0.3) is 0 Å². The van der Waals surface area contributed by atoms with E-state index in [2.05, 4.69) is 33.2 Å². The van der Waals surface area contributed by atoms with Gasteiger partial charge in [0.05, 0.1) is 34.1 Å². The average Bonchev–Trinajstić information content (AvgIpc) is 3.13. The Morgan fingerprint density at radius 2 is 1.82 bits per heavy atom. The molecule has 0 amide bonds. The second-order valence-corrected chi connectivity index (χ2v) is 8.37. The Morgan fingerprint density at radius 3 is 2.50 bits per heavy atom. The molecule has 0 atom stereocenters. The predicted molar refractivity (Wildman–Crippen MR) is 138 cm³/mol. The molecule has 5 rings (SSSR count). The molecule has 0 fully saturated rings. The fourth-order valence-electron chi connectivity index (χ4n) is 4.26. The molecule has 0 saturated carbocycles. The highest BCUT2D eigenvalue weighted by atomic mass is 16.1. The highest BCUT2D eigenvalue weighted by molar-refractivity contribution is 6.04. The minimum atomic E-state index is -0.128. The molecule has 172 valence electrons. The number of benzene rings is 1. The maximum atomic E-state index is 13.4.